The average Bonchev–Trinajstić information content (AvgIpc) is 3.19. The minimum atomic E-state index is -3.98. The van der Waals surface area contributed by atoms with E-state index in [2.05, 4.69) is 11.9 Å². The van der Waals surface area contributed by atoms with Gasteiger partial charge in [-0.3, -0.25) is 0 Å². The van der Waals surface area contributed by atoms with Gasteiger partial charge in [-0.15, -0.1) is 0 Å². The van der Waals surface area contributed by atoms with E-state index in [0.29, 0.717) is 5.56 Å². The number of fused-ring (bicyclic) bond motifs is 1. The summed E-state index contributed by atoms with van der Waals surface area (Å²) in [6, 6.07) is 16.8. The number of hydrogen-bond acceptors (Lipinski definition) is 4. The van der Waals surface area contributed by atoms with Gasteiger partial charge in [-0.2, -0.15) is 8.42 Å². The Morgan fingerprint density at radius 3 is 2.43 bits per heavy atom. The van der Waals surface area contributed by atoms with Gasteiger partial charge in [0, 0.05) is 28.7 Å². The topological polar surface area (TPSA) is 51.5 Å². The molecule has 0 amide bonds. The lowest BCUT2D eigenvalue weighted by Crippen LogP contribution is -2.29. The van der Waals surface area contributed by atoms with Crippen molar-refractivity contribution >= 4 is 21.0 Å². The molecule has 0 aliphatic carbocycles. The Bertz CT molecular complexity index is 1460. The summed E-state index contributed by atoms with van der Waals surface area (Å²) < 4.78 is 60.8. The molecule has 1 saturated heterocycles. The molecular formula is C27H26F2N2O3S. The summed E-state index contributed by atoms with van der Waals surface area (Å²) in [5, 5.41) is 0.878. The molecule has 0 radical (unpaired) electrons. The fourth-order valence-electron chi connectivity index (χ4n) is 4.73. The Balaban J connectivity index is 1.55. The molecule has 2 heterocycles. The standard InChI is InChI=1S/C27H26F2N2O3S/c1-30-13-11-19(12-14-30)25-18-31(17-20-7-8-21(28)15-26(20)29)27-10-9-22(16-24(25)27)34-35(32,33)23-5-3-2-4-6-23/h2-10,15-16,18-19H,11-14,17H2,1H3. The summed E-state index contributed by atoms with van der Waals surface area (Å²) in [5.74, 6) is -0.700. The molecule has 0 spiro atoms. The Kier molecular flexibility index (Phi) is 6.34. The van der Waals surface area contributed by atoms with E-state index in [4.69, 9.17) is 4.18 Å². The Labute approximate surface area is 203 Å². The van der Waals surface area contributed by atoms with Crippen LogP contribution in [-0.2, 0) is 16.7 Å². The lowest BCUT2D eigenvalue weighted by molar-refractivity contribution is 0.256. The average molecular weight is 497 g/mol. The number of hydrogen-bond donors (Lipinski definition) is 0. The van der Waals surface area contributed by atoms with Gasteiger partial charge in [0.2, 0.25) is 0 Å². The normalized spacial score (nSPS) is 15.5. The first kappa shape index (κ1) is 23.5. The minimum absolute atomic E-state index is 0.0833. The van der Waals surface area contributed by atoms with Crippen molar-refractivity contribution in [3.05, 3.63) is 95.7 Å². The van der Waals surface area contributed by atoms with Gasteiger partial charge in [0.25, 0.3) is 0 Å². The maximum absolute atomic E-state index is 14.4. The third kappa shape index (κ3) is 4.94. The SMILES string of the molecule is CN1CCC(c2cn(Cc3ccc(F)cc3F)c3ccc(OS(=O)(=O)c4ccccc4)cc23)CC1. The third-order valence-corrected chi connectivity index (χ3v) is 7.90. The first-order valence-electron chi connectivity index (χ1n) is 11.5. The van der Waals surface area contributed by atoms with Crippen molar-refractivity contribution in [2.24, 2.45) is 0 Å². The zero-order valence-corrected chi connectivity index (χ0v) is 20.1. The molecule has 0 bridgehead atoms. The quantitative estimate of drug-likeness (QED) is 0.329. The van der Waals surface area contributed by atoms with E-state index < -0.39 is 21.8 Å². The van der Waals surface area contributed by atoms with E-state index in [1.54, 1.807) is 36.4 Å². The summed E-state index contributed by atoms with van der Waals surface area (Å²) >= 11 is 0. The van der Waals surface area contributed by atoms with Gasteiger partial charge < -0.3 is 13.7 Å². The van der Waals surface area contributed by atoms with Gasteiger partial charge in [-0.1, -0.05) is 24.3 Å². The van der Waals surface area contributed by atoms with Gasteiger partial charge in [0.1, 0.15) is 22.3 Å². The third-order valence-electron chi connectivity index (χ3n) is 6.64. The summed E-state index contributed by atoms with van der Waals surface area (Å²) in [6.45, 7) is 2.16. The van der Waals surface area contributed by atoms with Crippen molar-refractivity contribution in [3.63, 3.8) is 0 Å². The fourth-order valence-corrected chi connectivity index (χ4v) is 5.67. The molecule has 182 valence electrons. The highest BCUT2D eigenvalue weighted by Gasteiger charge is 2.24. The summed E-state index contributed by atoms with van der Waals surface area (Å²) in [7, 11) is -1.88. The molecule has 4 aromatic rings. The van der Waals surface area contributed by atoms with Crippen LogP contribution in [0.1, 0.15) is 29.9 Å². The molecule has 35 heavy (non-hydrogen) atoms. The van der Waals surface area contributed by atoms with E-state index in [-0.39, 0.29) is 23.1 Å². The van der Waals surface area contributed by atoms with E-state index >= 15 is 0 Å². The van der Waals surface area contributed by atoms with Crippen LogP contribution in [-0.4, -0.2) is 38.0 Å². The smallest absolute Gasteiger partial charge is 0.339 e. The van der Waals surface area contributed by atoms with Crippen LogP contribution in [0.2, 0.25) is 0 Å². The van der Waals surface area contributed by atoms with Gasteiger partial charge in [-0.05, 0) is 80.9 Å². The van der Waals surface area contributed by atoms with E-state index in [0.717, 1.165) is 48.5 Å². The van der Waals surface area contributed by atoms with Crippen molar-refractivity contribution in [2.45, 2.75) is 30.2 Å². The molecule has 1 fully saturated rings. The molecule has 0 atom stereocenters. The highest BCUT2D eigenvalue weighted by atomic mass is 32.2. The minimum Gasteiger partial charge on any atom is -0.379 e. The van der Waals surface area contributed by atoms with E-state index in [1.807, 2.05) is 10.8 Å². The highest BCUT2D eigenvalue weighted by Crippen LogP contribution is 2.37. The molecule has 1 aliphatic rings. The zero-order valence-electron chi connectivity index (χ0n) is 19.3. The molecule has 0 saturated carbocycles. The van der Waals surface area contributed by atoms with Gasteiger partial charge in [0.15, 0.2) is 0 Å². The highest BCUT2D eigenvalue weighted by molar-refractivity contribution is 7.87. The summed E-state index contributed by atoms with van der Waals surface area (Å²) in [5.41, 5.74) is 2.30. The van der Waals surface area contributed by atoms with Gasteiger partial charge in [-0.25, -0.2) is 8.78 Å². The van der Waals surface area contributed by atoms with Crippen LogP contribution >= 0.6 is 0 Å². The van der Waals surface area contributed by atoms with Crippen LogP contribution in [0.25, 0.3) is 10.9 Å². The predicted molar refractivity (Wildman–Crippen MR) is 131 cm³/mol. The first-order valence-corrected chi connectivity index (χ1v) is 13.0. The van der Waals surface area contributed by atoms with Crippen LogP contribution in [0.15, 0.2) is 77.8 Å². The first-order chi connectivity index (χ1) is 16.8. The van der Waals surface area contributed by atoms with Crippen molar-refractivity contribution in [1.29, 1.82) is 0 Å². The monoisotopic (exact) mass is 496 g/mol. The number of benzene rings is 3. The molecule has 5 nitrogen and oxygen atoms in total. The number of halogens is 2. The Hall–Kier alpha value is -3.23. The fraction of sp³-hybridized carbons (Fsp3) is 0.259. The largest absolute Gasteiger partial charge is 0.379 e. The second kappa shape index (κ2) is 9.43. The molecule has 1 aliphatic heterocycles. The Morgan fingerprint density at radius 2 is 1.71 bits per heavy atom. The van der Waals surface area contributed by atoms with E-state index in [9.17, 15) is 17.2 Å². The number of rotatable bonds is 6. The molecule has 1 aromatic heterocycles. The van der Waals surface area contributed by atoms with Crippen LogP contribution in [0, 0.1) is 11.6 Å². The predicted octanol–water partition coefficient (Wildman–Crippen LogP) is 5.54. The molecule has 8 heteroatoms. The van der Waals surface area contributed by atoms with Crippen molar-refractivity contribution in [2.75, 3.05) is 20.1 Å². The molecule has 0 N–H and O–H groups in total. The van der Waals surface area contributed by atoms with Crippen molar-refractivity contribution in [3.8, 4) is 5.75 Å². The van der Waals surface area contributed by atoms with Crippen LogP contribution in [0.4, 0.5) is 8.78 Å². The molecule has 5 rings (SSSR count). The number of likely N-dealkylation sites (tertiary alicyclic amines) is 1. The number of nitrogens with zero attached hydrogens (tertiary/aromatic N) is 2. The lowest BCUT2D eigenvalue weighted by Gasteiger charge is -2.28. The van der Waals surface area contributed by atoms with Gasteiger partial charge in [0.05, 0.1) is 6.54 Å². The number of aromatic nitrogens is 1. The van der Waals surface area contributed by atoms with E-state index in [1.165, 1.54) is 24.3 Å². The molecule has 3 aromatic carbocycles. The van der Waals surface area contributed by atoms with Crippen LogP contribution < -0.4 is 4.18 Å². The maximum atomic E-state index is 14.4. The van der Waals surface area contributed by atoms with Crippen LogP contribution in [0.5, 0.6) is 5.75 Å². The summed E-state index contributed by atoms with van der Waals surface area (Å²) in [6.07, 6.45) is 3.95. The summed E-state index contributed by atoms with van der Waals surface area (Å²) in [4.78, 5) is 2.37. The molecule has 0 unspecified atom stereocenters. The van der Waals surface area contributed by atoms with Crippen molar-refractivity contribution in [1.82, 2.24) is 9.47 Å². The lowest BCUT2D eigenvalue weighted by atomic mass is 9.89. The van der Waals surface area contributed by atoms with Crippen molar-refractivity contribution < 1.29 is 21.4 Å². The number of piperidine rings is 1. The second-order valence-electron chi connectivity index (χ2n) is 9.06. The van der Waals surface area contributed by atoms with Gasteiger partial charge >= 0.3 is 10.1 Å². The maximum Gasteiger partial charge on any atom is 0.339 e. The van der Waals surface area contributed by atoms with Crippen LogP contribution in [0.3, 0.4) is 0 Å². The zero-order chi connectivity index (χ0) is 24.6. The Morgan fingerprint density at radius 1 is 0.971 bits per heavy atom. The molecular weight excluding hydrogens is 470 g/mol. The second-order valence-corrected chi connectivity index (χ2v) is 10.6.